The molecule has 1 aromatic carbocycles. The molecule has 0 heterocycles. The second-order valence-corrected chi connectivity index (χ2v) is 7.62. The predicted molar refractivity (Wildman–Crippen MR) is 84.7 cm³/mol. The second-order valence-electron chi connectivity index (χ2n) is 5.07. The van der Waals surface area contributed by atoms with Crippen LogP contribution in [0.4, 0.5) is 0 Å². The molecule has 0 radical (unpaired) electrons. The molecule has 0 bridgehead atoms. The van der Waals surface area contributed by atoms with E-state index in [4.69, 9.17) is 18.0 Å². The van der Waals surface area contributed by atoms with E-state index in [0.29, 0.717) is 23.0 Å². The van der Waals surface area contributed by atoms with Crippen molar-refractivity contribution >= 4 is 27.0 Å². The Morgan fingerprint density at radius 3 is 2.70 bits per heavy atom. The molecule has 0 aromatic heterocycles. The molecule has 110 valence electrons. The Bertz CT molecular complexity index is 595. The van der Waals surface area contributed by atoms with Gasteiger partial charge in [0.2, 0.25) is 0 Å². The SMILES string of the molecule is CCN(CCS(=O)(=O)c1cccc(C(N)=S)c1)C1CC1. The topological polar surface area (TPSA) is 63.4 Å². The zero-order chi connectivity index (χ0) is 14.8. The highest BCUT2D eigenvalue weighted by Gasteiger charge is 2.28. The van der Waals surface area contributed by atoms with Gasteiger partial charge < -0.3 is 5.73 Å². The average molecular weight is 312 g/mol. The predicted octanol–water partition coefficient (Wildman–Crippen LogP) is 1.58. The quantitative estimate of drug-likeness (QED) is 0.775. The molecule has 0 aliphatic heterocycles. The molecule has 2 N–H and O–H groups in total. The molecule has 1 aliphatic rings. The van der Waals surface area contributed by atoms with Crippen molar-refractivity contribution in [1.29, 1.82) is 0 Å². The monoisotopic (exact) mass is 312 g/mol. The highest BCUT2D eigenvalue weighted by atomic mass is 32.2. The van der Waals surface area contributed by atoms with Crippen LogP contribution in [0.5, 0.6) is 0 Å². The van der Waals surface area contributed by atoms with Crippen LogP contribution >= 0.6 is 12.2 Å². The van der Waals surface area contributed by atoms with Crippen LogP contribution in [0.25, 0.3) is 0 Å². The molecule has 0 spiro atoms. The summed E-state index contributed by atoms with van der Waals surface area (Å²) in [6.45, 7) is 3.55. The largest absolute Gasteiger partial charge is 0.389 e. The van der Waals surface area contributed by atoms with E-state index in [0.717, 1.165) is 6.54 Å². The number of hydrogen-bond acceptors (Lipinski definition) is 4. The van der Waals surface area contributed by atoms with Crippen molar-refractivity contribution in [3.8, 4) is 0 Å². The number of rotatable bonds is 7. The van der Waals surface area contributed by atoms with Crippen LogP contribution in [0.3, 0.4) is 0 Å². The van der Waals surface area contributed by atoms with Crippen LogP contribution in [0, 0.1) is 0 Å². The summed E-state index contributed by atoms with van der Waals surface area (Å²) in [4.78, 5) is 2.75. The van der Waals surface area contributed by atoms with E-state index >= 15 is 0 Å². The van der Waals surface area contributed by atoms with Crippen LogP contribution in [-0.2, 0) is 9.84 Å². The second kappa shape index (κ2) is 6.20. The van der Waals surface area contributed by atoms with Crippen molar-refractivity contribution < 1.29 is 8.42 Å². The van der Waals surface area contributed by atoms with Gasteiger partial charge in [-0.25, -0.2) is 8.42 Å². The Hall–Kier alpha value is -0.980. The minimum Gasteiger partial charge on any atom is -0.389 e. The third-order valence-electron chi connectivity index (χ3n) is 3.59. The van der Waals surface area contributed by atoms with E-state index in [-0.39, 0.29) is 10.7 Å². The summed E-state index contributed by atoms with van der Waals surface area (Å²) in [7, 11) is -3.28. The van der Waals surface area contributed by atoms with Gasteiger partial charge in [0, 0.05) is 18.2 Å². The lowest BCUT2D eigenvalue weighted by atomic mass is 10.2. The molecule has 0 atom stereocenters. The van der Waals surface area contributed by atoms with E-state index in [1.54, 1.807) is 24.3 Å². The molecule has 0 saturated heterocycles. The molecule has 0 amide bonds. The summed E-state index contributed by atoms with van der Waals surface area (Å²) in [5.41, 5.74) is 6.14. The van der Waals surface area contributed by atoms with Gasteiger partial charge in [-0.1, -0.05) is 31.3 Å². The van der Waals surface area contributed by atoms with Gasteiger partial charge in [-0.05, 0) is 31.5 Å². The molecular formula is C14H20N2O2S2. The summed E-state index contributed by atoms with van der Waals surface area (Å²) >= 11 is 4.89. The smallest absolute Gasteiger partial charge is 0.179 e. The van der Waals surface area contributed by atoms with E-state index in [1.165, 1.54) is 12.8 Å². The fourth-order valence-electron chi connectivity index (χ4n) is 2.24. The first-order valence-corrected chi connectivity index (χ1v) is 8.87. The lowest BCUT2D eigenvalue weighted by Gasteiger charge is -2.19. The van der Waals surface area contributed by atoms with Gasteiger partial charge in [0.1, 0.15) is 4.99 Å². The van der Waals surface area contributed by atoms with Crippen molar-refractivity contribution in [2.75, 3.05) is 18.8 Å². The lowest BCUT2D eigenvalue weighted by Crippen LogP contribution is -2.31. The van der Waals surface area contributed by atoms with E-state index < -0.39 is 9.84 Å². The zero-order valence-electron chi connectivity index (χ0n) is 11.6. The standard InChI is InChI=1S/C14H20N2O2S2/c1-2-16(12-6-7-12)8-9-20(17,18)13-5-3-4-11(10-13)14(15)19/h3-5,10,12H,2,6-9H2,1H3,(H2,15,19). The van der Waals surface area contributed by atoms with Crippen molar-refractivity contribution in [3.05, 3.63) is 29.8 Å². The summed E-state index contributed by atoms with van der Waals surface area (Å²) in [5, 5.41) is 0. The number of nitrogens with two attached hydrogens (primary N) is 1. The van der Waals surface area contributed by atoms with Crippen LogP contribution < -0.4 is 5.73 Å². The van der Waals surface area contributed by atoms with Gasteiger partial charge in [0.05, 0.1) is 10.6 Å². The van der Waals surface area contributed by atoms with Crippen molar-refractivity contribution in [2.45, 2.75) is 30.7 Å². The molecule has 1 fully saturated rings. The number of sulfone groups is 1. The molecule has 6 heteroatoms. The van der Waals surface area contributed by atoms with Crippen LogP contribution in [-0.4, -0.2) is 43.2 Å². The number of hydrogen-bond donors (Lipinski definition) is 1. The first kappa shape index (κ1) is 15.4. The Morgan fingerprint density at radius 2 is 2.15 bits per heavy atom. The summed E-state index contributed by atoms with van der Waals surface area (Å²) in [6.07, 6.45) is 2.37. The summed E-state index contributed by atoms with van der Waals surface area (Å²) in [6, 6.07) is 7.15. The molecule has 4 nitrogen and oxygen atoms in total. The summed E-state index contributed by atoms with van der Waals surface area (Å²) < 4.78 is 24.7. The molecule has 20 heavy (non-hydrogen) atoms. The van der Waals surface area contributed by atoms with Gasteiger partial charge in [-0.15, -0.1) is 0 Å². The van der Waals surface area contributed by atoms with Gasteiger partial charge in [0.15, 0.2) is 9.84 Å². The van der Waals surface area contributed by atoms with Crippen LogP contribution in [0.2, 0.25) is 0 Å². The highest BCUT2D eigenvalue weighted by molar-refractivity contribution is 7.91. The summed E-state index contributed by atoms with van der Waals surface area (Å²) in [5.74, 6) is 0.137. The third-order valence-corrected chi connectivity index (χ3v) is 5.52. The van der Waals surface area contributed by atoms with Crippen LogP contribution in [0.1, 0.15) is 25.3 Å². The van der Waals surface area contributed by atoms with Gasteiger partial charge in [0.25, 0.3) is 0 Å². The minimum absolute atomic E-state index is 0.137. The number of nitrogens with zero attached hydrogens (tertiary/aromatic N) is 1. The molecule has 1 aliphatic carbocycles. The fraction of sp³-hybridized carbons (Fsp3) is 0.500. The lowest BCUT2D eigenvalue weighted by molar-refractivity contribution is 0.294. The average Bonchev–Trinajstić information content (AvgIpc) is 3.24. The van der Waals surface area contributed by atoms with Crippen molar-refractivity contribution in [2.24, 2.45) is 5.73 Å². The zero-order valence-corrected chi connectivity index (χ0v) is 13.2. The van der Waals surface area contributed by atoms with Crippen molar-refractivity contribution in [1.82, 2.24) is 4.90 Å². The Morgan fingerprint density at radius 1 is 1.45 bits per heavy atom. The van der Waals surface area contributed by atoms with Crippen molar-refractivity contribution in [3.63, 3.8) is 0 Å². The molecule has 1 saturated carbocycles. The first-order valence-electron chi connectivity index (χ1n) is 6.80. The first-order chi connectivity index (χ1) is 9.44. The Balaban J connectivity index is 2.09. The highest BCUT2D eigenvalue weighted by Crippen LogP contribution is 2.26. The van der Waals surface area contributed by atoms with E-state index in [9.17, 15) is 8.42 Å². The third kappa shape index (κ3) is 3.77. The molecular weight excluding hydrogens is 292 g/mol. The maximum atomic E-state index is 12.4. The van der Waals surface area contributed by atoms with Crippen LogP contribution in [0.15, 0.2) is 29.2 Å². The Kier molecular flexibility index (Phi) is 4.78. The number of thiocarbonyl (C=S) groups is 1. The fourth-order valence-corrected chi connectivity index (χ4v) is 3.67. The normalized spacial score (nSPS) is 15.5. The maximum absolute atomic E-state index is 12.4. The van der Waals surface area contributed by atoms with E-state index in [2.05, 4.69) is 11.8 Å². The van der Waals surface area contributed by atoms with E-state index in [1.807, 2.05) is 0 Å². The van der Waals surface area contributed by atoms with Gasteiger partial charge in [-0.3, -0.25) is 4.90 Å². The maximum Gasteiger partial charge on any atom is 0.179 e. The Labute approximate surface area is 125 Å². The van der Waals surface area contributed by atoms with Gasteiger partial charge >= 0.3 is 0 Å². The van der Waals surface area contributed by atoms with Gasteiger partial charge in [-0.2, -0.15) is 0 Å². The number of benzene rings is 1. The minimum atomic E-state index is -3.28. The molecule has 0 unspecified atom stereocenters. The molecule has 1 aromatic rings. The molecule has 2 rings (SSSR count).